The van der Waals surface area contributed by atoms with Crippen LogP contribution in [0.2, 0.25) is 0 Å². The van der Waals surface area contributed by atoms with Crippen LogP contribution < -0.4 is 5.32 Å². The molecule has 0 saturated heterocycles. The lowest BCUT2D eigenvalue weighted by Gasteiger charge is -2.26. The topological polar surface area (TPSA) is 118 Å². The van der Waals surface area contributed by atoms with Crippen LogP contribution in [0.4, 0.5) is 5.82 Å². The minimum Gasteiger partial charge on any atom is -0.346 e. The Balaban J connectivity index is 3.14. The summed E-state index contributed by atoms with van der Waals surface area (Å²) in [6.45, 7) is 4.57. The van der Waals surface area contributed by atoms with Gasteiger partial charge in [-0.25, -0.2) is 4.98 Å². The van der Waals surface area contributed by atoms with Crippen molar-refractivity contribution in [1.82, 2.24) is 4.98 Å². The van der Waals surface area contributed by atoms with E-state index in [-0.39, 0.29) is 19.0 Å². The van der Waals surface area contributed by atoms with Crippen molar-refractivity contribution < 1.29 is 28.0 Å². The molecule has 1 rings (SSSR count). The van der Waals surface area contributed by atoms with E-state index >= 15 is 0 Å². The highest BCUT2D eigenvalue weighted by Gasteiger charge is 2.47. The van der Waals surface area contributed by atoms with Crippen molar-refractivity contribution >= 4 is 21.0 Å². The number of aryl methyl sites for hydroxylation is 1. The summed E-state index contributed by atoms with van der Waals surface area (Å²) in [5.74, 6) is 0.183. The zero-order valence-corrected chi connectivity index (χ0v) is 13.9. The molecule has 0 amide bonds. The van der Waals surface area contributed by atoms with Crippen molar-refractivity contribution in [3.05, 3.63) is 23.9 Å². The zero-order valence-electron chi connectivity index (χ0n) is 12.1. The van der Waals surface area contributed by atoms with Gasteiger partial charge >= 0.3 is 15.2 Å². The lowest BCUT2D eigenvalue weighted by atomic mass is 10.4. The van der Waals surface area contributed by atoms with Gasteiger partial charge < -0.3 is 24.2 Å². The van der Waals surface area contributed by atoms with Gasteiger partial charge in [0.25, 0.3) is 0 Å². The number of nitrogens with zero attached hydrogens (tertiary/aromatic N) is 1. The largest absolute Gasteiger partial charge is 0.362 e. The highest BCUT2D eigenvalue weighted by molar-refractivity contribution is 7.72. The Labute approximate surface area is 123 Å². The van der Waals surface area contributed by atoms with Crippen molar-refractivity contribution in [2.24, 2.45) is 0 Å². The van der Waals surface area contributed by atoms with Crippen LogP contribution in [0.3, 0.4) is 0 Å². The maximum atomic E-state index is 12.2. The van der Waals surface area contributed by atoms with Crippen LogP contribution >= 0.6 is 15.2 Å². The fourth-order valence-corrected chi connectivity index (χ4v) is 5.10. The van der Waals surface area contributed by atoms with Gasteiger partial charge in [-0.05, 0) is 32.9 Å². The minimum atomic E-state index is -4.42. The second kappa shape index (κ2) is 7.49. The molecule has 0 aliphatic carbocycles. The summed E-state index contributed by atoms with van der Waals surface area (Å²) >= 11 is 0. The summed E-state index contributed by atoms with van der Waals surface area (Å²) in [6.07, 6.45) is 0. The molecule has 0 saturated carbocycles. The third-order valence-corrected chi connectivity index (χ3v) is 6.91. The summed E-state index contributed by atoms with van der Waals surface area (Å²) in [6, 6.07) is 4.90. The summed E-state index contributed by atoms with van der Waals surface area (Å²) < 4.78 is 33.8. The van der Waals surface area contributed by atoms with Crippen molar-refractivity contribution in [1.29, 1.82) is 0 Å². The van der Waals surface area contributed by atoms with Crippen LogP contribution in [0, 0.1) is 6.92 Å². The molecule has 2 atom stereocenters. The first kappa shape index (κ1) is 18.3. The molecule has 1 heterocycles. The second-order valence-corrected chi connectivity index (χ2v) is 8.36. The van der Waals surface area contributed by atoms with E-state index in [9.17, 15) is 18.9 Å². The smallest absolute Gasteiger partial charge is 0.346 e. The number of anilines is 1. The van der Waals surface area contributed by atoms with Gasteiger partial charge in [0, 0.05) is 5.69 Å². The van der Waals surface area contributed by atoms with E-state index < -0.39 is 20.7 Å². The Kier molecular flexibility index (Phi) is 6.53. The molecule has 0 aliphatic rings. The molecule has 2 unspecified atom stereocenters. The Morgan fingerprint density at radius 2 is 1.71 bits per heavy atom. The van der Waals surface area contributed by atoms with Gasteiger partial charge in [0.15, 0.2) is 0 Å². The third-order valence-electron chi connectivity index (χ3n) is 2.41. The predicted molar refractivity (Wildman–Crippen MR) is 79.3 cm³/mol. The normalized spacial score (nSPS) is 18.5. The lowest BCUT2D eigenvalue weighted by molar-refractivity contribution is 0.250. The van der Waals surface area contributed by atoms with Gasteiger partial charge in [-0.1, -0.05) is 6.07 Å². The SMILES string of the molecule is CCOP(=O)(O)C(Nc1cccc(C)n1)P(=O)(O)OCC. The van der Waals surface area contributed by atoms with Crippen LogP contribution in [-0.4, -0.2) is 33.5 Å². The van der Waals surface area contributed by atoms with Crippen LogP contribution in [0.1, 0.15) is 19.5 Å². The molecule has 8 nitrogen and oxygen atoms in total. The Hall–Kier alpha value is -0.750. The maximum Gasteiger partial charge on any atom is 0.362 e. The molecular weight excluding hydrogens is 318 g/mol. The molecule has 0 radical (unpaired) electrons. The maximum absolute atomic E-state index is 12.2. The monoisotopic (exact) mass is 338 g/mol. The van der Waals surface area contributed by atoms with E-state index in [0.29, 0.717) is 5.69 Å². The van der Waals surface area contributed by atoms with Gasteiger partial charge in [-0.15, -0.1) is 0 Å². The lowest BCUT2D eigenvalue weighted by Crippen LogP contribution is -2.23. The molecule has 10 heteroatoms. The van der Waals surface area contributed by atoms with E-state index in [0.717, 1.165) is 0 Å². The summed E-state index contributed by atoms with van der Waals surface area (Å²) in [5, 5.41) is 2.48. The van der Waals surface area contributed by atoms with Crippen LogP contribution in [-0.2, 0) is 18.2 Å². The quantitative estimate of drug-likeness (QED) is 0.619. The Bertz CT molecular complexity index is 541. The highest BCUT2D eigenvalue weighted by atomic mass is 31.2. The van der Waals surface area contributed by atoms with Crippen LogP contribution in [0.25, 0.3) is 0 Å². The average Bonchev–Trinajstić information content (AvgIpc) is 2.35. The summed E-state index contributed by atoms with van der Waals surface area (Å²) in [5.41, 5.74) is -1.16. The standard InChI is InChI=1S/C11H20N2O6P2/c1-4-18-20(14,15)11(21(16,17)19-5-2)13-10-8-6-7-9(3)12-10/h6-8,11H,4-5H2,1-3H3,(H,12,13)(H,14,15)(H,16,17). The van der Waals surface area contributed by atoms with E-state index in [1.54, 1.807) is 19.1 Å². The Morgan fingerprint density at radius 1 is 1.19 bits per heavy atom. The molecule has 0 spiro atoms. The molecule has 0 aliphatic heterocycles. The summed E-state index contributed by atoms with van der Waals surface area (Å²) in [4.78, 5) is 23.9. The van der Waals surface area contributed by atoms with Crippen molar-refractivity contribution in [3.8, 4) is 0 Å². The van der Waals surface area contributed by atoms with Crippen LogP contribution in [0.5, 0.6) is 0 Å². The highest BCUT2D eigenvalue weighted by Crippen LogP contribution is 2.64. The number of nitrogens with one attached hydrogen (secondary N) is 1. The van der Waals surface area contributed by atoms with Gasteiger partial charge in [0.1, 0.15) is 5.82 Å². The van der Waals surface area contributed by atoms with Gasteiger partial charge in [0.2, 0.25) is 5.52 Å². The third kappa shape index (κ3) is 5.18. The predicted octanol–water partition coefficient (Wildman–Crippen LogP) is 2.53. The minimum absolute atomic E-state index is 0.0840. The number of pyridine rings is 1. The van der Waals surface area contributed by atoms with Crippen LogP contribution in [0.15, 0.2) is 18.2 Å². The van der Waals surface area contributed by atoms with Gasteiger partial charge in [-0.2, -0.15) is 0 Å². The fourth-order valence-electron chi connectivity index (χ4n) is 1.61. The number of hydrogen-bond acceptors (Lipinski definition) is 6. The molecular formula is C11H20N2O6P2. The van der Waals surface area contributed by atoms with E-state index in [4.69, 9.17) is 9.05 Å². The molecule has 21 heavy (non-hydrogen) atoms. The van der Waals surface area contributed by atoms with Crippen molar-refractivity contribution in [2.75, 3.05) is 18.5 Å². The molecule has 0 fully saturated rings. The number of rotatable bonds is 8. The van der Waals surface area contributed by atoms with E-state index in [1.807, 2.05) is 0 Å². The first-order valence-corrected chi connectivity index (χ1v) is 9.66. The summed E-state index contributed by atoms with van der Waals surface area (Å²) in [7, 11) is -8.85. The Morgan fingerprint density at radius 3 is 2.14 bits per heavy atom. The van der Waals surface area contributed by atoms with Gasteiger partial charge in [-0.3, -0.25) is 9.13 Å². The zero-order chi connectivity index (χ0) is 16.1. The van der Waals surface area contributed by atoms with Gasteiger partial charge in [0.05, 0.1) is 13.2 Å². The average molecular weight is 338 g/mol. The molecule has 1 aromatic heterocycles. The molecule has 120 valence electrons. The first-order chi connectivity index (χ1) is 9.73. The number of hydrogen-bond donors (Lipinski definition) is 3. The number of aromatic nitrogens is 1. The molecule has 3 N–H and O–H groups in total. The molecule has 0 aromatic carbocycles. The molecule has 1 aromatic rings. The fraction of sp³-hybridized carbons (Fsp3) is 0.545. The van der Waals surface area contributed by atoms with Crippen molar-refractivity contribution in [2.45, 2.75) is 26.3 Å². The van der Waals surface area contributed by atoms with E-state index in [1.165, 1.54) is 19.9 Å². The first-order valence-electron chi connectivity index (χ1n) is 6.37. The van der Waals surface area contributed by atoms with E-state index in [2.05, 4.69) is 10.3 Å². The molecule has 0 bridgehead atoms. The second-order valence-electron chi connectivity index (χ2n) is 4.15. The van der Waals surface area contributed by atoms with Crippen molar-refractivity contribution in [3.63, 3.8) is 0 Å².